The molecule has 20 heavy (non-hydrogen) atoms. The molecule has 2 rings (SSSR count). The predicted molar refractivity (Wildman–Crippen MR) is 78.5 cm³/mol. The summed E-state index contributed by atoms with van der Waals surface area (Å²) in [6, 6.07) is 0. The van der Waals surface area contributed by atoms with E-state index in [2.05, 4.69) is 6.92 Å². The smallest absolute Gasteiger partial charge is 0.410 e. The van der Waals surface area contributed by atoms with Gasteiger partial charge in [-0.1, -0.05) is 32.6 Å². The summed E-state index contributed by atoms with van der Waals surface area (Å²) in [7, 11) is 0. The predicted octanol–water partition coefficient (Wildman–Crippen LogP) is 3.18. The van der Waals surface area contributed by atoms with Crippen LogP contribution in [0.3, 0.4) is 0 Å². The van der Waals surface area contributed by atoms with E-state index < -0.39 is 11.2 Å². The summed E-state index contributed by atoms with van der Waals surface area (Å²) in [5, 5.41) is 10.8. The van der Waals surface area contributed by atoms with Gasteiger partial charge in [-0.2, -0.15) is 0 Å². The Kier molecular flexibility index (Phi) is 4.33. The van der Waals surface area contributed by atoms with Gasteiger partial charge in [-0.15, -0.1) is 0 Å². The lowest BCUT2D eigenvalue weighted by atomic mass is 9.66. The summed E-state index contributed by atoms with van der Waals surface area (Å²) in [5.74, 6) is 0.953. The lowest BCUT2D eigenvalue weighted by molar-refractivity contribution is -0.151. The highest BCUT2D eigenvalue weighted by Gasteiger charge is 2.52. The Labute approximate surface area is 122 Å². The van der Waals surface area contributed by atoms with E-state index in [1.165, 1.54) is 19.3 Å². The molecule has 1 saturated heterocycles. The van der Waals surface area contributed by atoms with Crippen molar-refractivity contribution in [2.24, 2.45) is 11.8 Å². The van der Waals surface area contributed by atoms with Gasteiger partial charge in [0.25, 0.3) is 0 Å². The molecule has 2 atom stereocenters. The number of likely N-dealkylation sites (tertiary alicyclic amines) is 1. The van der Waals surface area contributed by atoms with Gasteiger partial charge in [-0.05, 0) is 39.0 Å². The Morgan fingerprint density at radius 3 is 2.45 bits per heavy atom. The molecule has 1 aliphatic carbocycles. The molecular weight excluding hydrogens is 254 g/mol. The zero-order valence-electron chi connectivity index (χ0n) is 13.3. The highest BCUT2D eigenvalue weighted by Crippen LogP contribution is 2.43. The summed E-state index contributed by atoms with van der Waals surface area (Å²) in [5.41, 5.74) is -1.15. The fourth-order valence-corrected chi connectivity index (χ4v) is 3.71. The van der Waals surface area contributed by atoms with Crippen LogP contribution in [0.1, 0.15) is 59.8 Å². The molecule has 0 aromatic rings. The second-order valence-electron chi connectivity index (χ2n) is 7.50. The summed E-state index contributed by atoms with van der Waals surface area (Å²) in [4.78, 5) is 13.6. The van der Waals surface area contributed by atoms with Crippen LogP contribution in [0.4, 0.5) is 4.79 Å². The number of rotatable bonds is 2. The van der Waals surface area contributed by atoms with E-state index in [0.717, 1.165) is 12.8 Å². The highest BCUT2D eigenvalue weighted by molar-refractivity contribution is 5.69. The molecule has 2 unspecified atom stereocenters. The Bertz CT molecular complexity index is 355. The van der Waals surface area contributed by atoms with Gasteiger partial charge in [0.2, 0.25) is 0 Å². The third-order valence-electron chi connectivity index (χ3n) is 4.70. The van der Waals surface area contributed by atoms with Gasteiger partial charge in [0.1, 0.15) is 11.2 Å². The van der Waals surface area contributed by atoms with E-state index in [1.807, 2.05) is 20.8 Å². The molecule has 1 amide bonds. The van der Waals surface area contributed by atoms with Crippen LogP contribution in [0.5, 0.6) is 0 Å². The third-order valence-corrected chi connectivity index (χ3v) is 4.70. The van der Waals surface area contributed by atoms with Crippen molar-refractivity contribution in [3.8, 4) is 0 Å². The number of carbonyl (C=O) groups is 1. The van der Waals surface area contributed by atoms with Gasteiger partial charge in [0.15, 0.2) is 0 Å². The Balaban J connectivity index is 1.91. The summed E-state index contributed by atoms with van der Waals surface area (Å²) in [6.45, 7) is 8.67. The minimum absolute atomic E-state index is 0.300. The Hall–Kier alpha value is -0.770. The second kappa shape index (κ2) is 5.55. The van der Waals surface area contributed by atoms with Crippen molar-refractivity contribution in [3.05, 3.63) is 0 Å². The van der Waals surface area contributed by atoms with Crippen LogP contribution in [0.25, 0.3) is 0 Å². The molecule has 2 aliphatic rings. The van der Waals surface area contributed by atoms with E-state index in [1.54, 1.807) is 4.90 Å². The second-order valence-corrected chi connectivity index (χ2v) is 7.50. The quantitative estimate of drug-likeness (QED) is 0.846. The normalized spacial score (nSPS) is 29.8. The molecule has 0 radical (unpaired) electrons. The van der Waals surface area contributed by atoms with Crippen molar-refractivity contribution in [2.75, 3.05) is 13.1 Å². The number of aliphatic hydroxyl groups is 1. The minimum Gasteiger partial charge on any atom is -0.444 e. The molecule has 0 aromatic carbocycles. The molecular formula is C16H29NO3. The first-order chi connectivity index (χ1) is 9.25. The molecule has 0 aromatic heterocycles. The van der Waals surface area contributed by atoms with E-state index in [-0.39, 0.29) is 6.09 Å². The van der Waals surface area contributed by atoms with Crippen molar-refractivity contribution in [1.82, 2.24) is 4.90 Å². The molecule has 0 spiro atoms. The van der Waals surface area contributed by atoms with Crippen molar-refractivity contribution < 1.29 is 14.6 Å². The monoisotopic (exact) mass is 283 g/mol. The lowest BCUT2D eigenvalue weighted by Crippen LogP contribution is -2.68. The average molecular weight is 283 g/mol. The first-order valence-electron chi connectivity index (χ1n) is 7.95. The Morgan fingerprint density at radius 2 is 1.90 bits per heavy atom. The summed E-state index contributed by atoms with van der Waals surface area (Å²) < 4.78 is 5.35. The maximum absolute atomic E-state index is 12.0. The SMILES string of the molecule is CCC1CCCCC1C1(O)CN(C(=O)OC(C)(C)C)C1. The first kappa shape index (κ1) is 15.6. The topological polar surface area (TPSA) is 49.8 Å². The van der Waals surface area contributed by atoms with E-state index >= 15 is 0 Å². The van der Waals surface area contributed by atoms with E-state index in [9.17, 15) is 9.90 Å². The van der Waals surface area contributed by atoms with Crippen LogP contribution < -0.4 is 0 Å². The van der Waals surface area contributed by atoms with Gasteiger partial charge < -0.3 is 14.7 Å². The molecule has 1 N–H and O–H groups in total. The maximum atomic E-state index is 12.0. The van der Waals surface area contributed by atoms with E-state index in [0.29, 0.717) is 24.9 Å². The molecule has 1 heterocycles. The van der Waals surface area contributed by atoms with Crippen LogP contribution in [-0.4, -0.2) is 40.4 Å². The van der Waals surface area contributed by atoms with Gasteiger partial charge in [0, 0.05) is 0 Å². The average Bonchev–Trinajstić information content (AvgIpc) is 2.32. The van der Waals surface area contributed by atoms with Crippen LogP contribution >= 0.6 is 0 Å². The van der Waals surface area contributed by atoms with E-state index in [4.69, 9.17) is 4.74 Å². The van der Waals surface area contributed by atoms with Crippen LogP contribution in [-0.2, 0) is 4.74 Å². The summed E-state index contributed by atoms with van der Waals surface area (Å²) >= 11 is 0. The van der Waals surface area contributed by atoms with Crippen LogP contribution in [0.15, 0.2) is 0 Å². The molecule has 4 nitrogen and oxygen atoms in total. The number of nitrogens with zero attached hydrogens (tertiary/aromatic N) is 1. The van der Waals surface area contributed by atoms with Crippen molar-refractivity contribution in [1.29, 1.82) is 0 Å². The number of amides is 1. The van der Waals surface area contributed by atoms with Gasteiger partial charge in [-0.25, -0.2) is 4.79 Å². The molecule has 4 heteroatoms. The first-order valence-corrected chi connectivity index (χ1v) is 7.95. The standard InChI is InChI=1S/C16H29NO3/c1-5-12-8-6-7-9-13(12)16(19)10-17(11-16)14(18)20-15(2,3)4/h12-13,19H,5-11H2,1-4H3. The van der Waals surface area contributed by atoms with Crippen LogP contribution in [0, 0.1) is 11.8 Å². The zero-order chi connectivity index (χ0) is 15.0. The number of carbonyl (C=O) groups excluding carboxylic acids is 1. The molecule has 1 aliphatic heterocycles. The fourth-order valence-electron chi connectivity index (χ4n) is 3.71. The van der Waals surface area contributed by atoms with Gasteiger partial charge >= 0.3 is 6.09 Å². The Morgan fingerprint density at radius 1 is 1.30 bits per heavy atom. The fraction of sp³-hybridized carbons (Fsp3) is 0.938. The molecule has 1 saturated carbocycles. The van der Waals surface area contributed by atoms with Gasteiger partial charge in [0.05, 0.1) is 13.1 Å². The molecule has 2 fully saturated rings. The number of hydrogen-bond donors (Lipinski definition) is 1. The highest BCUT2D eigenvalue weighted by atomic mass is 16.6. The van der Waals surface area contributed by atoms with Crippen molar-refractivity contribution in [3.63, 3.8) is 0 Å². The lowest BCUT2D eigenvalue weighted by Gasteiger charge is -2.53. The van der Waals surface area contributed by atoms with Crippen LogP contribution in [0.2, 0.25) is 0 Å². The maximum Gasteiger partial charge on any atom is 0.410 e. The number of ether oxygens (including phenoxy) is 1. The largest absolute Gasteiger partial charge is 0.444 e. The minimum atomic E-state index is -0.683. The summed E-state index contributed by atoms with van der Waals surface area (Å²) in [6.07, 6.45) is 5.62. The number of hydrogen-bond acceptors (Lipinski definition) is 3. The molecule has 116 valence electrons. The van der Waals surface area contributed by atoms with Gasteiger partial charge in [-0.3, -0.25) is 0 Å². The number of β-amino-alcohol motifs (C(OH)–C–C–N with tert-alkyl or cyclic N) is 1. The van der Waals surface area contributed by atoms with Crippen molar-refractivity contribution in [2.45, 2.75) is 71.0 Å². The zero-order valence-corrected chi connectivity index (χ0v) is 13.3. The molecule has 0 bridgehead atoms. The third kappa shape index (κ3) is 3.27. The van der Waals surface area contributed by atoms with Crippen molar-refractivity contribution >= 4 is 6.09 Å².